The zero-order chi connectivity index (χ0) is 13.2. The zero-order valence-corrected chi connectivity index (χ0v) is 11.7. The monoisotopic (exact) mass is 286 g/mol. The highest BCUT2D eigenvalue weighted by Gasteiger charge is 2.13. The highest BCUT2D eigenvalue weighted by Crippen LogP contribution is 2.17. The molecule has 0 radical (unpaired) electrons. The van der Waals surface area contributed by atoms with Crippen molar-refractivity contribution in [2.24, 2.45) is 0 Å². The van der Waals surface area contributed by atoms with E-state index in [2.05, 4.69) is 4.98 Å². The Morgan fingerprint density at radius 2 is 2.06 bits per heavy atom. The van der Waals surface area contributed by atoms with Crippen molar-refractivity contribution >= 4 is 32.5 Å². The maximum absolute atomic E-state index is 11.6. The topological polar surface area (TPSA) is 52.0 Å². The van der Waals surface area contributed by atoms with Crippen LogP contribution in [0.15, 0.2) is 24.3 Å². The third-order valence-electron chi connectivity index (χ3n) is 2.92. The summed E-state index contributed by atoms with van der Waals surface area (Å²) in [5.41, 5.74) is 1.78. The molecule has 1 aromatic heterocycles. The lowest BCUT2D eigenvalue weighted by atomic mass is 10.3. The van der Waals surface area contributed by atoms with Crippen LogP contribution in [0.3, 0.4) is 0 Å². The molecule has 0 spiro atoms. The Kier molecular flexibility index (Phi) is 3.92. The molecular formula is C12H15ClN2O2S. The van der Waals surface area contributed by atoms with Crippen molar-refractivity contribution in [1.82, 2.24) is 9.55 Å². The average molecular weight is 287 g/mol. The van der Waals surface area contributed by atoms with E-state index in [-0.39, 0.29) is 17.4 Å². The molecule has 6 heteroatoms. The Morgan fingerprint density at radius 1 is 1.33 bits per heavy atom. The van der Waals surface area contributed by atoms with Crippen LogP contribution in [-0.4, -0.2) is 29.5 Å². The van der Waals surface area contributed by atoms with E-state index in [1.165, 1.54) is 0 Å². The van der Waals surface area contributed by atoms with Gasteiger partial charge in [-0.2, -0.15) is 0 Å². The molecule has 2 aromatic rings. The molecule has 1 aromatic carbocycles. The van der Waals surface area contributed by atoms with Crippen molar-refractivity contribution in [3.8, 4) is 0 Å². The first-order valence-corrected chi connectivity index (χ1v) is 8.13. The summed E-state index contributed by atoms with van der Waals surface area (Å²) in [6.45, 7) is 2.06. The summed E-state index contributed by atoms with van der Waals surface area (Å²) in [6, 6.07) is 7.64. The van der Waals surface area contributed by atoms with Crippen molar-refractivity contribution in [1.29, 1.82) is 0 Å². The van der Waals surface area contributed by atoms with Gasteiger partial charge in [-0.15, -0.1) is 11.6 Å². The number of sulfone groups is 1. The average Bonchev–Trinajstić information content (AvgIpc) is 2.74. The number of halogens is 1. The Morgan fingerprint density at radius 3 is 2.72 bits per heavy atom. The minimum atomic E-state index is -2.98. The van der Waals surface area contributed by atoms with Crippen LogP contribution in [0.4, 0.5) is 0 Å². The second-order valence-corrected chi connectivity index (χ2v) is 6.78. The molecule has 0 amide bonds. The minimum Gasteiger partial charge on any atom is -0.326 e. The van der Waals surface area contributed by atoms with E-state index in [0.29, 0.717) is 12.4 Å². The number of nitrogens with zero attached hydrogens (tertiary/aromatic N) is 2. The van der Waals surface area contributed by atoms with E-state index in [1.54, 1.807) is 6.92 Å². The summed E-state index contributed by atoms with van der Waals surface area (Å²) in [4.78, 5) is 4.39. The lowest BCUT2D eigenvalue weighted by Crippen LogP contribution is -2.15. The molecule has 0 bridgehead atoms. The molecule has 0 fully saturated rings. The van der Waals surface area contributed by atoms with E-state index >= 15 is 0 Å². The summed E-state index contributed by atoms with van der Waals surface area (Å²) >= 11 is 5.85. The van der Waals surface area contributed by atoms with Crippen LogP contribution < -0.4 is 0 Å². The SMILES string of the molecule is CCS(=O)(=O)CCn1c(CCl)nc2ccccc21. The fourth-order valence-electron chi connectivity index (χ4n) is 1.85. The Balaban J connectivity index is 2.37. The molecule has 0 N–H and O–H groups in total. The van der Waals surface area contributed by atoms with Gasteiger partial charge in [-0.1, -0.05) is 19.1 Å². The first-order chi connectivity index (χ1) is 8.57. The Bertz CT molecular complexity index is 649. The number of benzene rings is 1. The number of alkyl halides is 1. The number of hydrogen-bond acceptors (Lipinski definition) is 3. The number of hydrogen-bond donors (Lipinski definition) is 0. The number of rotatable bonds is 5. The molecule has 4 nitrogen and oxygen atoms in total. The summed E-state index contributed by atoms with van der Waals surface area (Å²) in [5, 5.41) is 0. The van der Waals surface area contributed by atoms with Crippen LogP contribution in [0.5, 0.6) is 0 Å². The van der Waals surface area contributed by atoms with Gasteiger partial charge in [0.05, 0.1) is 22.7 Å². The third-order valence-corrected chi connectivity index (χ3v) is 4.84. The van der Waals surface area contributed by atoms with E-state index in [1.807, 2.05) is 28.8 Å². The predicted molar refractivity (Wildman–Crippen MR) is 73.6 cm³/mol. The van der Waals surface area contributed by atoms with Gasteiger partial charge in [-0.25, -0.2) is 13.4 Å². The van der Waals surface area contributed by atoms with Crippen molar-refractivity contribution in [2.75, 3.05) is 11.5 Å². The van der Waals surface area contributed by atoms with Gasteiger partial charge in [0.2, 0.25) is 0 Å². The zero-order valence-electron chi connectivity index (χ0n) is 10.1. The number of aromatic nitrogens is 2. The van der Waals surface area contributed by atoms with Crippen LogP contribution in [0.2, 0.25) is 0 Å². The summed E-state index contributed by atoms with van der Waals surface area (Å²) in [6.07, 6.45) is 0. The fourth-order valence-corrected chi connectivity index (χ4v) is 2.81. The Hall–Kier alpha value is -1.07. The number of fused-ring (bicyclic) bond motifs is 1. The van der Waals surface area contributed by atoms with Crippen LogP contribution in [-0.2, 0) is 22.3 Å². The highest BCUT2D eigenvalue weighted by atomic mass is 35.5. The second kappa shape index (κ2) is 5.28. The van der Waals surface area contributed by atoms with Gasteiger partial charge in [-0.3, -0.25) is 0 Å². The largest absolute Gasteiger partial charge is 0.326 e. The molecule has 0 aliphatic rings. The van der Waals surface area contributed by atoms with E-state index in [0.717, 1.165) is 11.0 Å². The number of para-hydroxylation sites is 2. The van der Waals surface area contributed by atoms with E-state index in [4.69, 9.17) is 11.6 Å². The maximum atomic E-state index is 11.6. The first-order valence-electron chi connectivity index (χ1n) is 5.78. The summed E-state index contributed by atoms with van der Waals surface area (Å²) in [5.74, 6) is 1.27. The Labute approximate surface area is 112 Å². The van der Waals surface area contributed by atoms with Crippen molar-refractivity contribution in [3.05, 3.63) is 30.1 Å². The molecule has 1 heterocycles. The predicted octanol–water partition coefficient (Wildman–Crippen LogP) is 2.21. The van der Waals surface area contributed by atoms with Crippen LogP contribution in [0.25, 0.3) is 11.0 Å². The third kappa shape index (κ3) is 2.67. The van der Waals surface area contributed by atoms with Crippen LogP contribution >= 0.6 is 11.6 Å². The lowest BCUT2D eigenvalue weighted by Gasteiger charge is -2.07. The molecule has 0 aliphatic heterocycles. The molecule has 0 aliphatic carbocycles. The van der Waals surface area contributed by atoms with Gasteiger partial charge in [0.25, 0.3) is 0 Å². The molecule has 0 saturated heterocycles. The van der Waals surface area contributed by atoms with Gasteiger partial charge in [0.1, 0.15) is 5.82 Å². The van der Waals surface area contributed by atoms with Gasteiger partial charge in [-0.05, 0) is 12.1 Å². The summed E-state index contributed by atoms with van der Waals surface area (Å²) < 4.78 is 25.0. The summed E-state index contributed by atoms with van der Waals surface area (Å²) in [7, 11) is -2.98. The maximum Gasteiger partial charge on any atom is 0.151 e. The van der Waals surface area contributed by atoms with Gasteiger partial charge >= 0.3 is 0 Å². The molecule has 0 atom stereocenters. The second-order valence-electron chi connectivity index (χ2n) is 4.04. The molecule has 18 heavy (non-hydrogen) atoms. The molecule has 0 saturated carbocycles. The van der Waals surface area contributed by atoms with Gasteiger partial charge in [0.15, 0.2) is 9.84 Å². The lowest BCUT2D eigenvalue weighted by molar-refractivity contribution is 0.590. The first kappa shape index (κ1) is 13.4. The number of aryl methyl sites for hydroxylation is 1. The molecule has 2 rings (SSSR count). The normalized spacial score (nSPS) is 12.1. The number of imidazole rings is 1. The molecule has 0 unspecified atom stereocenters. The quantitative estimate of drug-likeness (QED) is 0.792. The van der Waals surface area contributed by atoms with Crippen LogP contribution in [0.1, 0.15) is 12.7 Å². The van der Waals surface area contributed by atoms with Gasteiger partial charge < -0.3 is 4.57 Å². The van der Waals surface area contributed by atoms with E-state index < -0.39 is 9.84 Å². The van der Waals surface area contributed by atoms with E-state index in [9.17, 15) is 8.42 Å². The molecular weight excluding hydrogens is 272 g/mol. The smallest absolute Gasteiger partial charge is 0.151 e. The fraction of sp³-hybridized carbons (Fsp3) is 0.417. The molecule has 98 valence electrons. The van der Waals surface area contributed by atoms with Gasteiger partial charge in [0, 0.05) is 12.3 Å². The minimum absolute atomic E-state index is 0.119. The van der Waals surface area contributed by atoms with Crippen molar-refractivity contribution in [3.63, 3.8) is 0 Å². The van der Waals surface area contributed by atoms with Crippen molar-refractivity contribution in [2.45, 2.75) is 19.3 Å². The highest BCUT2D eigenvalue weighted by molar-refractivity contribution is 7.91. The van der Waals surface area contributed by atoms with Crippen LogP contribution in [0, 0.1) is 0 Å². The van der Waals surface area contributed by atoms with Crippen molar-refractivity contribution < 1.29 is 8.42 Å². The standard InChI is InChI=1S/C12H15ClN2O2S/c1-2-18(16,17)8-7-15-11-6-4-3-5-10(11)14-12(15)9-13/h3-6H,2,7-9H2,1H3.